The Balaban J connectivity index is 1.99. The molecule has 1 saturated carbocycles. The number of nitrogens with zero attached hydrogens (tertiary/aromatic N) is 4. The van der Waals surface area contributed by atoms with Crippen molar-refractivity contribution in [3.8, 4) is 5.82 Å². The maximum absolute atomic E-state index is 12.5. The highest BCUT2D eigenvalue weighted by Gasteiger charge is 2.32. The van der Waals surface area contributed by atoms with Crippen molar-refractivity contribution in [2.45, 2.75) is 24.9 Å². The fraction of sp³-hybridized carbons (Fsp3) is 0.364. The molecule has 19 heavy (non-hydrogen) atoms. The molecule has 0 atom stereocenters. The smallest absolute Gasteiger partial charge is 0.226 e. The van der Waals surface area contributed by atoms with Gasteiger partial charge in [-0.3, -0.25) is 0 Å². The molecule has 0 aliphatic heterocycles. The van der Waals surface area contributed by atoms with Gasteiger partial charge in [-0.15, -0.1) is 0 Å². The molecule has 4 nitrogen and oxygen atoms in total. The van der Waals surface area contributed by atoms with Crippen LogP contribution in [-0.4, -0.2) is 19.7 Å². The summed E-state index contributed by atoms with van der Waals surface area (Å²) in [6.07, 6.45) is -0.661. The van der Waals surface area contributed by atoms with E-state index in [1.54, 1.807) is 6.07 Å². The lowest BCUT2D eigenvalue weighted by Crippen LogP contribution is -2.05. The van der Waals surface area contributed by atoms with Gasteiger partial charge in [-0.25, -0.2) is 14.6 Å². The number of aromatic nitrogens is 4. The molecular formula is C11H8BrF3N4. The van der Waals surface area contributed by atoms with Gasteiger partial charge in [0.1, 0.15) is 10.4 Å². The molecule has 0 amide bonds. The van der Waals surface area contributed by atoms with Crippen molar-refractivity contribution < 1.29 is 13.2 Å². The molecule has 2 heterocycles. The van der Waals surface area contributed by atoms with Gasteiger partial charge in [-0.05, 0) is 28.8 Å². The maximum atomic E-state index is 12.5. The molecule has 1 aliphatic carbocycles. The highest BCUT2D eigenvalue weighted by Crippen LogP contribution is 2.38. The average Bonchev–Trinajstić information content (AvgIpc) is 3.03. The lowest BCUT2D eigenvalue weighted by molar-refractivity contribution is -0.137. The minimum absolute atomic E-state index is 0.314. The number of hydrogen-bond donors (Lipinski definition) is 0. The topological polar surface area (TPSA) is 43.6 Å². The van der Waals surface area contributed by atoms with Crippen LogP contribution >= 0.6 is 15.9 Å². The first-order valence-electron chi connectivity index (χ1n) is 5.60. The molecule has 1 fully saturated rings. The monoisotopic (exact) mass is 332 g/mol. The third-order valence-corrected chi connectivity index (χ3v) is 3.19. The first-order valence-corrected chi connectivity index (χ1v) is 6.39. The Morgan fingerprint density at radius 1 is 1.26 bits per heavy atom. The molecule has 0 radical (unpaired) electrons. The standard InChI is InChI=1S/C11H8BrF3N4/c12-8-3-9(18-10(17-8)6-1-2-6)19-5-7(4-16-19)11(13,14)15/h3-6H,1-2H2. The van der Waals surface area contributed by atoms with Crippen LogP contribution in [0.1, 0.15) is 30.1 Å². The van der Waals surface area contributed by atoms with Crippen LogP contribution in [0.5, 0.6) is 0 Å². The van der Waals surface area contributed by atoms with Gasteiger partial charge in [-0.2, -0.15) is 18.3 Å². The fourth-order valence-electron chi connectivity index (χ4n) is 1.66. The summed E-state index contributed by atoms with van der Waals surface area (Å²) in [6, 6.07) is 1.54. The van der Waals surface area contributed by atoms with Crippen LogP contribution < -0.4 is 0 Å². The second kappa shape index (κ2) is 4.29. The normalized spacial score (nSPS) is 15.8. The largest absolute Gasteiger partial charge is 0.419 e. The van der Waals surface area contributed by atoms with E-state index in [1.807, 2.05) is 0 Å². The zero-order chi connectivity index (χ0) is 13.6. The number of hydrogen-bond acceptors (Lipinski definition) is 3. The van der Waals surface area contributed by atoms with Crippen molar-refractivity contribution in [2.24, 2.45) is 0 Å². The van der Waals surface area contributed by atoms with Gasteiger partial charge in [0.05, 0.1) is 11.8 Å². The summed E-state index contributed by atoms with van der Waals surface area (Å²) in [4.78, 5) is 8.47. The van der Waals surface area contributed by atoms with Gasteiger partial charge in [0.25, 0.3) is 0 Å². The third kappa shape index (κ3) is 2.63. The molecular weight excluding hydrogens is 325 g/mol. The molecule has 100 valence electrons. The van der Waals surface area contributed by atoms with Gasteiger partial charge in [0.15, 0.2) is 5.82 Å². The first-order chi connectivity index (χ1) is 8.93. The maximum Gasteiger partial charge on any atom is 0.419 e. The second-order valence-electron chi connectivity index (χ2n) is 4.35. The lowest BCUT2D eigenvalue weighted by atomic mass is 10.3. The Kier molecular flexibility index (Phi) is 2.84. The third-order valence-electron chi connectivity index (χ3n) is 2.79. The summed E-state index contributed by atoms with van der Waals surface area (Å²) < 4.78 is 39.2. The molecule has 0 aromatic carbocycles. The van der Waals surface area contributed by atoms with Crippen molar-refractivity contribution in [2.75, 3.05) is 0 Å². The van der Waals surface area contributed by atoms with Crippen LogP contribution in [0.4, 0.5) is 13.2 Å². The molecule has 1 aliphatic rings. The van der Waals surface area contributed by atoms with Crippen molar-refractivity contribution in [1.82, 2.24) is 19.7 Å². The van der Waals surface area contributed by atoms with Crippen LogP contribution in [0.2, 0.25) is 0 Å². The van der Waals surface area contributed by atoms with Crippen LogP contribution in [-0.2, 0) is 6.18 Å². The molecule has 0 unspecified atom stereocenters. The van der Waals surface area contributed by atoms with E-state index in [9.17, 15) is 13.2 Å². The van der Waals surface area contributed by atoms with Crippen molar-refractivity contribution in [3.05, 3.63) is 34.5 Å². The minimum Gasteiger partial charge on any atom is -0.226 e. The van der Waals surface area contributed by atoms with Crippen LogP contribution in [0, 0.1) is 0 Å². The van der Waals surface area contributed by atoms with E-state index < -0.39 is 11.7 Å². The van der Waals surface area contributed by atoms with Gasteiger partial charge >= 0.3 is 6.18 Å². The molecule has 2 aromatic heterocycles. The molecule has 0 N–H and O–H groups in total. The van der Waals surface area contributed by atoms with Gasteiger partial charge in [0, 0.05) is 18.2 Å². The summed E-state index contributed by atoms with van der Waals surface area (Å²) in [5, 5.41) is 3.70. The Hall–Kier alpha value is -1.44. The Bertz CT molecular complexity index is 619. The molecule has 8 heteroatoms. The quantitative estimate of drug-likeness (QED) is 0.792. The van der Waals surface area contributed by atoms with Crippen molar-refractivity contribution >= 4 is 15.9 Å². The summed E-state index contributed by atoms with van der Waals surface area (Å²) in [7, 11) is 0. The number of rotatable bonds is 2. The Morgan fingerprint density at radius 3 is 2.58 bits per heavy atom. The highest BCUT2D eigenvalue weighted by atomic mass is 79.9. The SMILES string of the molecule is FC(F)(F)c1cnn(-c2cc(Br)nc(C3CC3)n2)c1. The van der Waals surface area contributed by atoms with Crippen LogP contribution in [0.15, 0.2) is 23.1 Å². The van der Waals surface area contributed by atoms with E-state index >= 15 is 0 Å². The predicted molar refractivity (Wildman–Crippen MR) is 63.8 cm³/mol. The highest BCUT2D eigenvalue weighted by molar-refractivity contribution is 9.10. The van der Waals surface area contributed by atoms with Gasteiger partial charge in [-0.1, -0.05) is 0 Å². The number of alkyl halides is 3. The Morgan fingerprint density at radius 2 is 2.00 bits per heavy atom. The Labute approximate surface area is 114 Å². The lowest BCUT2D eigenvalue weighted by Gasteiger charge is -2.04. The molecule has 2 aromatic rings. The van der Waals surface area contributed by atoms with Gasteiger partial charge in [0.2, 0.25) is 0 Å². The molecule has 0 bridgehead atoms. The van der Waals surface area contributed by atoms with E-state index in [-0.39, 0.29) is 0 Å². The van der Waals surface area contributed by atoms with E-state index in [2.05, 4.69) is 31.0 Å². The second-order valence-corrected chi connectivity index (χ2v) is 5.17. The van der Waals surface area contributed by atoms with Crippen LogP contribution in [0.25, 0.3) is 5.82 Å². The zero-order valence-corrected chi connectivity index (χ0v) is 11.1. The minimum atomic E-state index is -4.40. The van der Waals surface area contributed by atoms with E-state index in [0.29, 0.717) is 22.2 Å². The van der Waals surface area contributed by atoms with E-state index in [1.165, 1.54) is 0 Å². The van der Waals surface area contributed by atoms with E-state index in [4.69, 9.17) is 0 Å². The summed E-state index contributed by atoms with van der Waals surface area (Å²) in [6.45, 7) is 0. The first kappa shape index (κ1) is 12.6. The van der Waals surface area contributed by atoms with Crippen LogP contribution in [0.3, 0.4) is 0 Å². The summed E-state index contributed by atoms with van der Waals surface area (Å²) in [5.41, 5.74) is -0.796. The van der Waals surface area contributed by atoms with Crippen molar-refractivity contribution in [3.63, 3.8) is 0 Å². The zero-order valence-electron chi connectivity index (χ0n) is 9.52. The molecule has 0 saturated heterocycles. The average molecular weight is 333 g/mol. The fourth-order valence-corrected chi connectivity index (χ4v) is 2.05. The van der Waals surface area contributed by atoms with E-state index in [0.717, 1.165) is 29.9 Å². The molecule has 3 rings (SSSR count). The summed E-state index contributed by atoms with van der Waals surface area (Å²) >= 11 is 3.24. The van der Waals surface area contributed by atoms with Crippen molar-refractivity contribution in [1.29, 1.82) is 0 Å². The molecule has 0 spiro atoms. The summed E-state index contributed by atoms with van der Waals surface area (Å²) in [5.74, 6) is 1.29. The number of halogens is 4. The van der Waals surface area contributed by atoms with Gasteiger partial charge < -0.3 is 0 Å². The predicted octanol–water partition coefficient (Wildman–Crippen LogP) is 3.32.